The highest BCUT2D eigenvalue weighted by atomic mass is 35.5. The van der Waals surface area contributed by atoms with Gasteiger partial charge in [0.1, 0.15) is 18.3 Å². The fraction of sp³-hybridized carbons (Fsp3) is 0.115. The Kier molecular flexibility index (Phi) is 5.44. The summed E-state index contributed by atoms with van der Waals surface area (Å²) in [5, 5.41) is 6.02. The molecule has 7 heteroatoms. The molecular formula is C26H20ClN3O3. The molecule has 5 aromatic rings. The quantitative estimate of drug-likeness (QED) is 0.274. The van der Waals surface area contributed by atoms with E-state index in [0.29, 0.717) is 38.2 Å². The summed E-state index contributed by atoms with van der Waals surface area (Å²) in [6, 6.07) is 24.1. The molecule has 0 unspecified atom stereocenters. The molecule has 0 N–H and O–H groups in total. The Morgan fingerprint density at radius 3 is 2.12 bits per heavy atom. The Balaban J connectivity index is 1.44. The fourth-order valence-corrected chi connectivity index (χ4v) is 4.34. The lowest BCUT2D eigenvalue weighted by Gasteiger charge is -2.14. The second-order valence-electron chi connectivity index (χ2n) is 7.71. The Hall–Kier alpha value is -3.90. The van der Waals surface area contributed by atoms with Crippen LogP contribution in [-0.2, 0) is 22.7 Å². The molecule has 5 rings (SSSR count). The Morgan fingerprint density at radius 2 is 1.48 bits per heavy atom. The molecule has 0 saturated carbocycles. The molecule has 0 radical (unpaired) electrons. The number of aryl methyl sites for hydroxylation is 1. The number of ether oxygens (including phenoxy) is 1. The van der Waals surface area contributed by atoms with Gasteiger partial charge < -0.3 is 9.30 Å². The smallest absolute Gasteiger partial charge is 0.326 e. The standard InChI is InChI=1S/C26H20ClN3O3/c1-17-21(26(27)30(28-17)18-9-3-2-4-10-18)16-33-24(31)15-29-22-13-7-5-11-19(22)25(32)20-12-6-8-14-23(20)29/h2-14H,15-16H2,1H3. The maximum Gasteiger partial charge on any atom is 0.326 e. The Bertz CT molecular complexity index is 1490. The van der Waals surface area contributed by atoms with Crippen molar-refractivity contribution in [2.24, 2.45) is 0 Å². The highest BCUT2D eigenvalue weighted by molar-refractivity contribution is 6.30. The van der Waals surface area contributed by atoms with Crippen LogP contribution in [-0.4, -0.2) is 20.3 Å². The van der Waals surface area contributed by atoms with Gasteiger partial charge in [-0.25, -0.2) is 4.68 Å². The average molecular weight is 458 g/mol. The monoisotopic (exact) mass is 457 g/mol. The van der Waals surface area contributed by atoms with Crippen LogP contribution in [0.25, 0.3) is 27.5 Å². The summed E-state index contributed by atoms with van der Waals surface area (Å²) >= 11 is 6.55. The van der Waals surface area contributed by atoms with E-state index in [-0.39, 0.29) is 18.6 Å². The third-order valence-corrected chi connectivity index (χ3v) is 6.05. The van der Waals surface area contributed by atoms with E-state index in [4.69, 9.17) is 16.3 Å². The minimum absolute atomic E-state index is 0.00635. The number of nitrogens with zero attached hydrogens (tertiary/aromatic N) is 3. The number of pyridine rings is 1. The summed E-state index contributed by atoms with van der Waals surface area (Å²) in [5.41, 5.74) is 3.49. The Labute approximate surface area is 194 Å². The summed E-state index contributed by atoms with van der Waals surface area (Å²) in [5.74, 6) is -0.433. The average Bonchev–Trinajstić information content (AvgIpc) is 3.14. The van der Waals surface area contributed by atoms with Crippen LogP contribution in [0.4, 0.5) is 0 Å². The van der Waals surface area contributed by atoms with E-state index in [2.05, 4.69) is 5.10 Å². The molecule has 3 aromatic carbocycles. The highest BCUT2D eigenvalue weighted by Gasteiger charge is 2.18. The van der Waals surface area contributed by atoms with E-state index >= 15 is 0 Å². The molecule has 164 valence electrons. The van der Waals surface area contributed by atoms with Crippen molar-refractivity contribution in [2.45, 2.75) is 20.1 Å². The van der Waals surface area contributed by atoms with Crippen LogP contribution in [0.5, 0.6) is 0 Å². The summed E-state index contributed by atoms with van der Waals surface area (Å²) in [6.07, 6.45) is 0. The van der Waals surface area contributed by atoms with Crippen LogP contribution < -0.4 is 5.43 Å². The van der Waals surface area contributed by atoms with Gasteiger partial charge in [-0.05, 0) is 43.3 Å². The molecule has 0 fully saturated rings. The fourth-order valence-electron chi connectivity index (χ4n) is 4.01. The van der Waals surface area contributed by atoms with Crippen LogP contribution in [0.2, 0.25) is 5.15 Å². The molecule has 0 saturated heterocycles. The van der Waals surface area contributed by atoms with Gasteiger partial charge in [0.25, 0.3) is 0 Å². The first-order valence-corrected chi connectivity index (χ1v) is 10.9. The maximum atomic E-state index is 12.9. The Morgan fingerprint density at radius 1 is 0.909 bits per heavy atom. The number of carbonyl (C=O) groups excluding carboxylic acids is 1. The number of carbonyl (C=O) groups is 1. The number of esters is 1. The van der Waals surface area contributed by atoms with Crippen LogP contribution in [0.1, 0.15) is 11.3 Å². The van der Waals surface area contributed by atoms with Gasteiger partial charge in [0.05, 0.1) is 22.4 Å². The summed E-state index contributed by atoms with van der Waals surface area (Å²) in [7, 11) is 0. The van der Waals surface area contributed by atoms with Gasteiger partial charge in [-0.15, -0.1) is 0 Å². The molecule has 0 aliphatic heterocycles. The summed E-state index contributed by atoms with van der Waals surface area (Å²) in [4.78, 5) is 25.7. The molecular weight excluding hydrogens is 438 g/mol. The van der Waals surface area contributed by atoms with Crippen molar-refractivity contribution in [3.63, 3.8) is 0 Å². The molecule has 0 bridgehead atoms. The van der Waals surface area contributed by atoms with E-state index < -0.39 is 5.97 Å². The van der Waals surface area contributed by atoms with Gasteiger partial charge in [0.2, 0.25) is 0 Å². The lowest BCUT2D eigenvalue weighted by atomic mass is 10.1. The summed E-state index contributed by atoms with van der Waals surface area (Å²) < 4.78 is 9.04. The minimum atomic E-state index is -0.433. The molecule has 0 spiro atoms. The van der Waals surface area contributed by atoms with E-state index in [1.165, 1.54) is 0 Å². The van der Waals surface area contributed by atoms with Gasteiger partial charge in [0, 0.05) is 16.3 Å². The van der Waals surface area contributed by atoms with E-state index in [9.17, 15) is 9.59 Å². The number of fused-ring (bicyclic) bond motifs is 2. The summed E-state index contributed by atoms with van der Waals surface area (Å²) in [6.45, 7) is 1.80. The normalized spacial score (nSPS) is 11.2. The predicted molar refractivity (Wildman–Crippen MR) is 129 cm³/mol. The van der Waals surface area contributed by atoms with Gasteiger partial charge in [0.15, 0.2) is 5.43 Å². The molecule has 0 aliphatic carbocycles. The largest absolute Gasteiger partial charge is 0.459 e. The molecule has 2 aromatic heterocycles. The third kappa shape index (κ3) is 3.79. The molecule has 2 heterocycles. The number of hydrogen-bond donors (Lipinski definition) is 0. The molecule has 0 amide bonds. The van der Waals surface area contributed by atoms with Crippen LogP contribution >= 0.6 is 11.6 Å². The first-order chi connectivity index (χ1) is 16.0. The van der Waals surface area contributed by atoms with Crippen molar-refractivity contribution in [1.82, 2.24) is 14.3 Å². The second kappa shape index (κ2) is 8.56. The second-order valence-corrected chi connectivity index (χ2v) is 8.07. The zero-order chi connectivity index (χ0) is 22.9. The van der Waals surface area contributed by atoms with Crippen LogP contribution in [0, 0.1) is 6.92 Å². The maximum absolute atomic E-state index is 12.9. The van der Waals surface area contributed by atoms with Crippen molar-refractivity contribution in [3.8, 4) is 5.69 Å². The van der Waals surface area contributed by atoms with E-state index in [0.717, 1.165) is 5.69 Å². The van der Waals surface area contributed by atoms with Crippen LogP contribution in [0.15, 0.2) is 83.7 Å². The zero-order valence-corrected chi connectivity index (χ0v) is 18.6. The number of rotatable bonds is 5. The molecule has 33 heavy (non-hydrogen) atoms. The van der Waals surface area contributed by atoms with Gasteiger partial charge >= 0.3 is 5.97 Å². The first-order valence-electron chi connectivity index (χ1n) is 10.5. The van der Waals surface area contributed by atoms with E-state index in [1.54, 1.807) is 16.8 Å². The van der Waals surface area contributed by atoms with Gasteiger partial charge in [-0.2, -0.15) is 5.10 Å². The number of aromatic nitrogens is 3. The lowest BCUT2D eigenvalue weighted by molar-refractivity contribution is -0.145. The molecule has 0 atom stereocenters. The topological polar surface area (TPSA) is 66.1 Å². The first kappa shape index (κ1) is 21.0. The molecule has 6 nitrogen and oxygen atoms in total. The number of para-hydroxylation sites is 3. The number of hydrogen-bond acceptors (Lipinski definition) is 4. The SMILES string of the molecule is Cc1nn(-c2ccccc2)c(Cl)c1COC(=O)Cn1c2ccccc2c(=O)c2ccccc21. The van der Waals surface area contributed by atoms with Crippen molar-refractivity contribution < 1.29 is 9.53 Å². The van der Waals surface area contributed by atoms with Crippen molar-refractivity contribution in [2.75, 3.05) is 0 Å². The lowest BCUT2D eigenvalue weighted by Crippen LogP contribution is -2.18. The minimum Gasteiger partial charge on any atom is -0.459 e. The van der Waals surface area contributed by atoms with Crippen molar-refractivity contribution in [3.05, 3.63) is 105 Å². The third-order valence-electron chi connectivity index (χ3n) is 5.67. The van der Waals surface area contributed by atoms with Gasteiger partial charge in [-0.3, -0.25) is 9.59 Å². The van der Waals surface area contributed by atoms with Crippen molar-refractivity contribution >= 4 is 39.4 Å². The number of benzene rings is 3. The molecule has 0 aliphatic rings. The highest BCUT2D eigenvalue weighted by Crippen LogP contribution is 2.25. The van der Waals surface area contributed by atoms with Gasteiger partial charge in [-0.1, -0.05) is 54.1 Å². The van der Waals surface area contributed by atoms with Crippen LogP contribution in [0.3, 0.4) is 0 Å². The zero-order valence-electron chi connectivity index (χ0n) is 17.9. The van der Waals surface area contributed by atoms with E-state index in [1.807, 2.05) is 78.2 Å². The van der Waals surface area contributed by atoms with Crippen molar-refractivity contribution in [1.29, 1.82) is 0 Å². The number of halogens is 1. The predicted octanol–water partition coefficient (Wildman–Crippen LogP) is 5.05.